The first kappa shape index (κ1) is 23.5. The van der Waals surface area contributed by atoms with E-state index in [4.69, 9.17) is 4.74 Å². The number of hydrogen-bond donors (Lipinski definition) is 3. The lowest BCUT2D eigenvalue weighted by atomic mass is 9.93. The van der Waals surface area contributed by atoms with Gasteiger partial charge in [-0.2, -0.15) is 0 Å². The number of aliphatic hydroxyl groups is 1. The van der Waals surface area contributed by atoms with Crippen molar-refractivity contribution in [1.29, 1.82) is 0 Å². The first-order valence-electron chi connectivity index (χ1n) is 10.9. The molecule has 1 atom stereocenters. The van der Waals surface area contributed by atoms with Crippen LogP contribution in [0.15, 0.2) is 72.8 Å². The van der Waals surface area contributed by atoms with Crippen LogP contribution in [0.25, 0.3) is 11.1 Å². The molecule has 0 saturated carbocycles. The molecule has 0 fully saturated rings. The van der Waals surface area contributed by atoms with Crippen LogP contribution in [0.3, 0.4) is 0 Å². The van der Waals surface area contributed by atoms with Gasteiger partial charge in [0.2, 0.25) is 0 Å². The Balaban J connectivity index is 1.60. The van der Waals surface area contributed by atoms with Crippen LogP contribution in [0.2, 0.25) is 0 Å². The molecule has 168 valence electrons. The molecule has 0 saturated heterocycles. The van der Waals surface area contributed by atoms with Crippen molar-refractivity contribution in [2.24, 2.45) is 5.92 Å². The molecule has 0 aliphatic rings. The summed E-state index contributed by atoms with van der Waals surface area (Å²) in [5, 5.41) is 23.1. The van der Waals surface area contributed by atoms with Gasteiger partial charge < -0.3 is 14.9 Å². The Labute approximate surface area is 189 Å². The predicted molar refractivity (Wildman–Crippen MR) is 127 cm³/mol. The van der Waals surface area contributed by atoms with E-state index in [0.29, 0.717) is 24.6 Å². The minimum atomic E-state index is -1.12. The summed E-state index contributed by atoms with van der Waals surface area (Å²) in [6, 6.07) is 22.7. The molecule has 0 aliphatic heterocycles. The molecule has 0 radical (unpaired) electrons. The maximum Gasteiger partial charge on any atom is 0.335 e. The van der Waals surface area contributed by atoms with Gasteiger partial charge in [0.05, 0.1) is 5.56 Å². The maximum atomic E-state index is 11.5. The minimum absolute atomic E-state index is 0.362. The van der Waals surface area contributed by atoms with Gasteiger partial charge >= 0.3 is 5.97 Å². The number of benzene rings is 3. The van der Waals surface area contributed by atoms with Crippen LogP contribution in [0.1, 0.15) is 42.3 Å². The first-order valence-corrected chi connectivity index (χ1v) is 10.9. The van der Waals surface area contributed by atoms with Crippen LogP contribution in [0.4, 0.5) is 0 Å². The molecule has 5 heteroatoms. The quantitative estimate of drug-likeness (QED) is 0.307. The minimum Gasteiger partial charge on any atom is -0.492 e. The van der Waals surface area contributed by atoms with Gasteiger partial charge in [-0.15, -0.1) is 0 Å². The molecular formula is C27H31NO4. The fraction of sp³-hybridized carbons (Fsp3) is 0.296. The van der Waals surface area contributed by atoms with Crippen molar-refractivity contribution >= 4 is 5.97 Å². The van der Waals surface area contributed by atoms with Crippen LogP contribution in [0.5, 0.6) is 5.75 Å². The SMILES string of the molecule is CC(C)Cc1cc(-c2ccc(OCCN[C@@](C)(O)c3ccccc3)cc2)ccc1C(=O)O. The van der Waals surface area contributed by atoms with E-state index >= 15 is 0 Å². The molecule has 0 amide bonds. The Kier molecular flexibility index (Phi) is 7.67. The number of carboxylic acid groups (broad SMARTS) is 1. The Morgan fingerprint density at radius 3 is 2.28 bits per heavy atom. The third-order valence-electron chi connectivity index (χ3n) is 5.33. The van der Waals surface area contributed by atoms with Crippen LogP contribution >= 0.6 is 0 Å². The van der Waals surface area contributed by atoms with Crippen molar-refractivity contribution in [2.75, 3.05) is 13.2 Å². The molecular weight excluding hydrogens is 402 g/mol. The van der Waals surface area contributed by atoms with Crippen LogP contribution in [0, 0.1) is 5.92 Å². The van der Waals surface area contributed by atoms with E-state index in [1.54, 1.807) is 13.0 Å². The van der Waals surface area contributed by atoms with Gasteiger partial charge in [-0.1, -0.05) is 68.4 Å². The summed E-state index contributed by atoms with van der Waals surface area (Å²) < 4.78 is 5.80. The third-order valence-corrected chi connectivity index (χ3v) is 5.33. The maximum absolute atomic E-state index is 11.5. The van der Waals surface area contributed by atoms with E-state index < -0.39 is 11.7 Å². The molecule has 0 aliphatic carbocycles. The molecule has 0 spiro atoms. The second-order valence-corrected chi connectivity index (χ2v) is 8.51. The lowest BCUT2D eigenvalue weighted by molar-refractivity contribution is 0.0169. The zero-order valence-corrected chi connectivity index (χ0v) is 18.8. The summed E-state index contributed by atoms with van der Waals surface area (Å²) in [5.41, 5.74) is 2.88. The largest absolute Gasteiger partial charge is 0.492 e. The molecule has 3 rings (SSSR count). The molecule has 0 bridgehead atoms. The molecule has 5 nitrogen and oxygen atoms in total. The van der Waals surface area contributed by atoms with Gasteiger partial charge in [-0.3, -0.25) is 5.32 Å². The van der Waals surface area contributed by atoms with Gasteiger partial charge in [-0.25, -0.2) is 4.79 Å². The van der Waals surface area contributed by atoms with E-state index in [1.165, 1.54) is 0 Å². The summed E-state index contributed by atoms with van der Waals surface area (Å²) in [5.74, 6) is 0.214. The number of carbonyl (C=O) groups is 1. The summed E-state index contributed by atoms with van der Waals surface area (Å²) in [7, 11) is 0. The summed E-state index contributed by atoms with van der Waals surface area (Å²) in [4.78, 5) is 11.5. The van der Waals surface area contributed by atoms with Gasteiger partial charge in [-0.05, 0) is 59.7 Å². The van der Waals surface area contributed by atoms with E-state index in [0.717, 1.165) is 34.4 Å². The molecule has 0 unspecified atom stereocenters. The highest BCUT2D eigenvalue weighted by molar-refractivity contribution is 5.90. The summed E-state index contributed by atoms with van der Waals surface area (Å²) >= 11 is 0. The van der Waals surface area contributed by atoms with Crippen molar-refractivity contribution in [3.8, 4) is 16.9 Å². The Morgan fingerprint density at radius 2 is 1.66 bits per heavy atom. The smallest absolute Gasteiger partial charge is 0.335 e. The van der Waals surface area contributed by atoms with Crippen molar-refractivity contribution in [2.45, 2.75) is 32.9 Å². The summed E-state index contributed by atoms with van der Waals surface area (Å²) in [6.45, 7) is 6.78. The number of rotatable bonds is 10. The van der Waals surface area contributed by atoms with Crippen LogP contribution < -0.4 is 10.1 Å². The average Bonchev–Trinajstić information content (AvgIpc) is 2.77. The monoisotopic (exact) mass is 433 g/mol. The number of carboxylic acids is 1. The normalized spacial score (nSPS) is 13.0. The van der Waals surface area contributed by atoms with E-state index in [9.17, 15) is 15.0 Å². The lowest BCUT2D eigenvalue weighted by Gasteiger charge is -2.25. The molecule has 32 heavy (non-hydrogen) atoms. The molecule has 3 aromatic carbocycles. The highest BCUT2D eigenvalue weighted by Crippen LogP contribution is 2.26. The van der Waals surface area contributed by atoms with Gasteiger partial charge in [0.15, 0.2) is 0 Å². The van der Waals surface area contributed by atoms with Gasteiger partial charge in [0, 0.05) is 6.54 Å². The predicted octanol–water partition coefficient (Wildman–Crippen LogP) is 5.08. The fourth-order valence-electron chi connectivity index (χ4n) is 3.66. The lowest BCUT2D eigenvalue weighted by Crippen LogP contribution is -2.41. The zero-order valence-electron chi connectivity index (χ0n) is 18.8. The van der Waals surface area contributed by atoms with Crippen molar-refractivity contribution in [3.05, 3.63) is 89.5 Å². The Bertz CT molecular complexity index is 1030. The fourth-order valence-corrected chi connectivity index (χ4v) is 3.66. The van der Waals surface area contributed by atoms with E-state index in [1.807, 2.05) is 66.7 Å². The Morgan fingerprint density at radius 1 is 1.00 bits per heavy atom. The average molecular weight is 434 g/mol. The highest BCUT2D eigenvalue weighted by Gasteiger charge is 2.21. The molecule has 3 N–H and O–H groups in total. The number of hydrogen-bond acceptors (Lipinski definition) is 4. The number of nitrogens with one attached hydrogen (secondary N) is 1. The second-order valence-electron chi connectivity index (χ2n) is 8.51. The van der Waals surface area contributed by atoms with Crippen molar-refractivity contribution < 1.29 is 19.7 Å². The second kappa shape index (κ2) is 10.4. The highest BCUT2D eigenvalue weighted by atomic mass is 16.5. The topological polar surface area (TPSA) is 78.8 Å². The number of aromatic carboxylic acids is 1. The van der Waals surface area contributed by atoms with Crippen LogP contribution in [-0.2, 0) is 12.1 Å². The van der Waals surface area contributed by atoms with E-state index in [-0.39, 0.29) is 0 Å². The third kappa shape index (κ3) is 6.19. The van der Waals surface area contributed by atoms with Crippen LogP contribution in [-0.4, -0.2) is 29.3 Å². The Hall–Kier alpha value is -3.15. The van der Waals surface area contributed by atoms with Crippen molar-refractivity contribution in [3.63, 3.8) is 0 Å². The van der Waals surface area contributed by atoms with Gasteiger partial charge in [0.1, 0.15) is 18.1 Å². The standard InChI is InChI=1S/C27H31NO4/c1-19(2)17-22-18-21(11-14-25(22)26(29)30)20-9-12-24(13-10-20)32-16-15-28-27(3,31)23-7-5-4-6-8-23/h4-14,18-19,28,31H,15-17H2,1-3H3,(H,29,30)/t27-/m0/s1. The molecule has 0 aromatic heterocycles. The van der Waals surface area contributed by atoms with Crippen molar-refractivity contribution in [1.82, 2.24) is 5.32 Å². The van der Waals surface area contributed by atoms with E-state index in [2.05, 4.69) is 19.2 Å². The first-order chi connectivity index (χ1) is 15.3. The molecule has 3 aromatic rings. The molecule has 0 heterocycles. The van der Waals surface area contributed by atoms with Gasteiger partial charge in [0.25, 0.3) is 0 Å². The number of ether oxygens (including phenoxy) is 1. The zero-order chi connectivity index (χ0) is 23.1. The summed E-state index contributed by atoms with van der Waals surface area (Å²) in [6.07, 6.45) is 0.719.